The molecule has 4 aromatic heterocycles. The van der Waals surface area contributed by atoms with Crippen molar-refractivity contribution in [3.63, 3.8) is 0 Å². The topological polar surface area (TPSA) is 339 Å². The second kappa shape index (κ2) is 18.5. The Morgan fingerprint density at radius 1 is 0.984 bits per heavy atom. The molecule has 2 bridgehead atoms. The Labute approximate surface area is 356 Å². The van der Waals surface area contributed by atoms with E-state index in [2.05, 4.69) is 35.2 Å². The van der Waals surface area contributed by atoms with E-state index in [4.69, 9.17) is 39.0 Å². The summed E-state index contributed by atoms with van der Waals surface area (Å²) in [5.41, 5.74) is 11.1. The van der Waals surface area contributed by atoms with Crippen molar-refractivity contribution >= 4 is 77.2 Å². The number of aliphatic hydroxyl groups is 1. The van der Waals surface area contributed by atoms with Crippen LogP contribution in [-0.2, 0) is 41.5 Å². The summed E-state index contributed by atoms with van der Waals surface area (Å²) in [4.78, 5) is 70.7. The smallest absolute Gasteiger partial charge is 0.386 e. The zero-order chi connectivity index (χ0) is 43.9. The van der Waals surface area contributed by atoms with Crippen LogP contribution in [0.2, 0.25) is 0 Å². The summed E-state index contributed by atoms with van der Waals surface area (Å²) < 4.78 is 65.0. The minimum Gasteiger partial charge on any atom is -0.386 e. The number of ether oxygens (including phenoxy) is 2. The lowest BCUT2D eigenvalue weighted by Crippen LogP contribution is -2.45. The van der Waals surface area contributed by atoms with Crippen molar-refractivity contribution in [3.8, 4) is 0 Å². The van der Waals surface area contributed by atoms with Gasteiger partial charge >= 0.3 is 15.6 Å². The second-order valence-corrected chi connectivity index (χ2v) is 20.9. The Morgan fingerprint density at radius 2 is 1.62 bits per heavy atom. The van der Waals surface area contributed by atoms with Crippen LogP contribution in [0.25, 0.3) is 22.3 Å². The molecule has 3 aliphatic heterocycles. The minimum atomic E-state index is -5.10. The van der Waals surface area contributed by atoms with E-state index in [1.54, 1.807) is 10.8 Å². The standard InChI is InChI=1S/C33H49N11O13P2S2/c1-5-33(4,6-2)42-20(45)8-7-16(3)61-60-10-9-17-18-11-52-59(50,51)57-25-19(55-30(23(25)46)43-14-38-21-26(34)36-13-37-27(21)43)12-53-58(48,49)56-24(17)31(54-18)44-15-39-22-28(44)40-32(35)41-29(22)47/h13-19,23-25,30-31,46H,5-12H2,1-4H3,(H,42,45)(H,48,49)(H,50,51)(H2,34,36,37)(H3,35,40,41,47)/t16?,17?,18-,19-,23?,24?,25?,30-,31-/m1/s1. The van der Waals surface area contributed by atoms with Crippen LogP contribution < -0.4 is 22.3 Å². The number of nitrogens with two attached hydrogens (primary N) is 2. The zero-order valence-electron chi connectivity index (χ0n) is 33.5. The third kappa shape index (κ3) is 10.1. The van der Waals surface area contributed by atoms with Gasteiger partial charge in [-0.1, -0.05) is 42.4 Å². The first-order valence-electron chi connectivity index (χ1n) is 19.5. The Hall–Kier alpha value is -3.23. The Balaban J connectivity index is 1.12. The fourth-order valence-corrected chi connectivity index (χ4v) is 11.7. The Bertz CT molecular complexity index is 2370. The maximum atomic E-state index is 13.9. The van der Waals surface area contributed by atoms with Crippen molar-refractivity contribution in [2.75, 3.05) is 30.4 Å². The van der Waals surface area contributed by atoms with Gasteiger partial charge < -0.3 is 41.2 Å². The number of amides is 1. The van der Waals surface area contributed by atoms with Crippen LogP contribution in [-0.4, -0.2) is 120 Å². The fourth-order valence-electron chi connectivity index (χ4n) is 7.31. The predicted octanol–water partition coefficient (Wildman–Crippen LogP) is 2.55. The summed E-state index contributed by atoms with van der Waals surface area (Å²) in [5.74, 6) is -0.613. The molecular formula is C33H49N11O13P2S2. The third-order valence-electron chi connectivity index (χ3n) is 11.1. The van der Waals surface area contributed by atoms with Crippen LogP contribution in [0.5, 0.6) is 0 Å². The Morgan fingerprint density at radius 3 is 2.33 bits per heavy atom. The molecular weight excluding hydrogens is 885 g/mol. The number of nitrogens with one attached hydrogen (secondary N) is 2. The molecule has 0 saturated carbocycles. The van der Waals surface area contributed by atoms with Gasteiger partial charge in [-0.3, -0.25) is 41.8 Å². The first kappa shape index (κ1) is 45.8. The second-order valence-electron chi connectivity index (χ2n) is 15.2. The molecule has 4 aromatic rings. The van der Waals surface area contributed by atoms with Crippen molar-refractivity contribution in [3.05, 3.63) is 29.3 Å². The summed E-state index contributed by atoms with van der Waals surface area (Å²) in [7, 11) is -7.13. The van der Waals surface area contributed by atoms with E-state index in [0.717, 1.165) is 12.8 Å². The number of carbonyl (C=O) groups excluding carboxylic acids is 1. The van der Waals surface area contributed by atoms with Crippen molar-refractivity contribution in [1.82, 2.24) is 44.4 Å². The molecule has 0 radical (unpaired) electrons. The highest BCUT2D eigenvalue weighted by atomic mass is 33.1. The highest BCUT2D eigenvalue weighted by molar-refractivity contribution is 8.76. The fraction of sp³-hybridized carbons (Fsp3) is 0.667. The number of aromatic amines is 1. The molecule has 1 amide bonds. The van der Waals surface area contributed by atoms with Crippen molar-refractivity contribution in [2.24, 2.45) is 5.92 Å². The average Bonchev–Trinajstić information content (AvgIpc) is 3.98. The summed E-state index contributed by atoms with van der Waals surface area (Å²) >= 11 is 0. The third-order valence-corrected chi connectivity index (χ3v) is 16.0. The quantitative estimate of drug-likeness (QED) is 0.0575. The Kier molecular flexibility index (Phi) is 13.9. The molecule has 7 unspecified atom stereocenters. The molecule has 61 heavy (non-hydrogen) atoms. The van der Waals surface area contributed by atoms with Gasteiger partial charge in [0.2, 0.25) is 11.9 Å². The van der Waals surface area contributed by atoms with Gasteiger partial charge in [0.05, 0.1) is 32.0 Å². The van der Waals surface area contributed by atoms with Gasteiger partial charge in [-0.05, 0) is 32.6 Å². The maximum Gasteiger partial charge on any atom is 0.472 e. The maximum absolute atomic E-state index is 13.9. The monoisotopic (exact) mass is 933 g/mol. The predicted molar refractivity (Wildman–Crippen MR) is 221 cm³/mol. The highest BCUT2D eigenvalue weighted by Crippen LogP contribution is 2.55. The highest BCUT2D eigenvalue weighted by Gasteiger charge is 2.54. The van der Waals surface area contributed by atoms with E-state index in [1.165, 1.54) is 38.9 Å². The molecule has 24 nitrogen and oxygen atoms in total. The number of rotatable bonds is 13. The number of aliphatic hydroxyl groups excluding tert-OH is 1. The van der Waals surface area contributed by atoms with E-state index >= 15 is 0 Å². The van der Waals surface area contributed by atoms with Gasteiger partial charge in [-0.25, -0.2) is 29.1 Å². The lowest BCUT2D eigenvalue weighted by atomic mass is 9.95. The summed E-state index contributed by atoms with van der Waals surface area (Å²) in [6.45, 7) is 6.70. The number of phosphoric acid groups is 2. The molecule has 0 aliphatic carbocycles. The molecule has 3 fully saturated rings. The number of hydrogen-bond donors (Lipinski definition) is 7. The van der Waals surface area contributed by atoms with Crippen LogP contribution in [0.4, 0.5) is 11.8 Å². The van der Waals surface area contributed by atoms with Crippen LogP contribution in [0.1, 0.15) is 72.3 Å². The SMILES string of the molecule is CCC(C)(CC)NC(=O)CCC(C)SSCCC1C2OP(=O)(O)OC[C@H]3O[C@@H](n4cnc5c(N)ncnc54)C(O)C3OP(=O)(O)OC[C@H]1O[C@H]2n1cnc2c(=O)[nH]c(N)nc21. The molecule has 3 aliphatic rings. The molecule has 336 valence electrons. The van der Waals surface area contributed by atoms with Crippen molar-refractivity contribution in [1.29, 1.82) is 0 Å². The first-order chi connectivity index (χ1) is 28.9. The number of nitrogen functional groups attached to an aromatic ring is 2. The average molecular weight is 934 g/mol. The number of hydrogen-bond acceptors (Lipinski definition) is 20. The van der Waals surface area contributed by atoms with Gasteiger partial charge in [0, 0.05) is 28.9 Å². The van der Waals surface area contributed by atoms with E-state index in [1.807, 2.05) is 27.7 Å². The number of phosphoric ester groups is 2. The number of nitrogens with zero attached hydrogens (tertiary/aromatic N) is 7. The largest absolute Gasteiger partial charge is 0.472 e. The molecule has 7 rings (SSSR count). The number of anilines is 2. The minimum absolute atomic E-state index is 0.0207. The molecule has 28 heteroatoms. The summed E-state index contributed by atoms with van der Waals surface area (Å²) in [5, 5.41) is 14.6. The van der Waals surface area contributed by atoms with Gasteiger partial charge in [-0.15, -0.1) is 0 Å². The molecule has 3 saturated heterocycles. The van der Waals surface area contributed by atoms with Gasteiger partial charge in [0.15, 0.2) is 35.1 Å². The van der Waals surface area contributed by atoms with Crippen LogP contribution in [0.15, 0.2) is 23.8 Å². The number of fused-ring (bicyclic) bond motifs is 5. The number of H-pyrrole nitrogens is 1. The van der Waals surface area contributed by atoms with Gasteiger partial charge in [-0.2, -0.15) is 4.98 Å². The first-order valence-corrected chi connectivity index (χ1v) is 24.8. The lowest BCUT2D eigenvalue weighted by molar-refractivity contribution is -0.123. The van der Waals surface area contributed by atoms with Crippen molar-refractivity contribution in [2.45, 2.75) is 114 Å². The summed E-state index contributed by atoms with van der Waals surface area (Å²) in [6.07, 6.45) is -3.44. The van der Waals surface area contributed by atoms with Gasteiger partial charge in [0.1, 0.15) is 36.3 Å². The summed E-state index contributed by atoms with van der Waals surface area (Å²) in [6, 6.07) is 0. The molecule has 9 N–H and O–H groups in total. The number of aromatic nitrogens is 8. The number of carbonyl (C=O) groups is 1. The van der Waals surface area contributed by atoms with E-state index in [-0.39, 0.29) is 57.2 Å². The molecule has 11 atom stereocenters. The number of imidazole rings is 2. The van der Waals surface area contributed by atoms with E-state index in [0.29, 0.717) is 18.6 Å². The molecule has 0 aromatic carbocycles. The van der Waals surface area contributed by atoms with Gasteiger partial charge in [0.25, 0.3) is 5.56 Å². The van der Waals surface area contributed by atoms with E-state index < -0.39 is 83.3 Å². The molecule has 0 spiro atoms. The zero-order valence-corrected chi connectivity index (χ0v) is 36.9. The van der Waals surface area contributed by atoms with Crippen LogP contribution >= 0.6 is 37.2 Å². The molecule has 7 heterocycles. The van der Waals surface area contributed by atoms with Crippen molar-refractivity contribution < 1.29 is 56.4 Å². The van der Waals surface area contributed by atoms with Crippen LogP contribution in [0, 0.1) is 5.92 Å². The lowest BCUT2D eigenvalue weighted by Gasteiger charge is -2.28. The van der Waals surface area contributed by atoms with E-state index in [9.17, 15) is 33.6 Å². The normalized spacial score (nSPS) is 31.7. The van der Waals surface area contributed by atoms with Crippen LogP contribution in [0.3, 0.4) is 0 Å².